The second-order valence-electron chi connectivity index (χ2n) is 8.35. The van der Waals surface area contributed by atoms with Crippen LogP contribution in [0.5, 0.6) is 5.75 Å². The maximum Gasteiger partial charge on any atom is 0.433 e. The van der Waals surface area contributed by atoms with E-state index in [-0.39, 0.29) is 29.6 Å². The molecule has 0 aliphatic rings. The van der Waals surface area contributed by atoms with Gasteiger partial charge < -0.3 is 9.84 Å². The van der Waals surface area contributed by atoms with Crippen molar-refractivity contribution >= 4 is 17.0 Å². The molecule has 0 spiro atoms. The number of fused-ring (bicyclic) bond motifs is 1. The summed E-state index contributed by atoms with van der Waals surface area (Å²) < 4.78 is 45.6. The van der Waals surface area contributed by atoms with Crippen LogP contribution in [0, 0.1) is 0 Å². The lowest BCUT2D eigenvalue weighted by Crippen LogP contribution is -2.29. The lowest BCUT2D eigenvalue weighted by molar-refractivity contribution is -0.141. The lowest BCUT2D eigenvalue weighted by Gasteiger charge is -2.19. The van der Waals surface area contributed by atoms with E-state index in [1.807, 2.05) is 32.9 Å². The van der Waals surface area contributed by atoms with Gasteiger partial charge in [-0.3, -0.25) is 9.36 Å². The minimum Gasteiger partial charge on any atom is -0.506 e. The first-order valence-electron chi connectivity index (χ1n) is 9.94. The molecule has 6 nitrogen and oxygen atoms in total. The maximum atomic E-state index is 13.3. The largest absolute Gasteiger partial charge is 0.506 e. The molecule has 0 radical (unpaired) electrons. The number of ether oxygens (including phenoxy) is 1. The topological polar surface area (TPSA) is 81.4 Å². The van der Waals surface area contributed by atoms with Gasteiger partial charge in [-0.15, -0.1) is 0 Å². The van der Waals surface area contributed by atoms with Crippen molar-refractivity contribution in [3.63, 3.8) is 0 Å². The van der Waals surface area contributed by atoms with Crippen LogP contribution in [0.25, 0.3) is 11.0 Å². The highest BCUT2D eigenvalue weighted by atomic mass is 19.4. The number of nitrogens with zero attached hydrogens (tertiary/aromatic N) is 2. The van der Waals surface area contributed by atoms with Gasteiger partial charge >= 0.3 is 12.1 Å². The molecule has 0 atom stereocenters. The number of carbonyl (C=O) groups excluding carboxylic acids is 1. The summed E-state index contributed by atoms with van der Waals surface area (Å²) in [4.78, 5) is 29.0. The Morgan fingerprint density at radius 1 is 1.09 bits per heavy atom. The fourth-order valence-corrected chi connectivity index (χ4v) is 3.29. The van der Waals surface area contributed by atoms with Gasteiger partial charge in [-0.2, -0.15) is 13.2 Å². The molecule has 2 aromatic heterocycles. The Kier molecular flexibility index (Phi) is 6.04. The van der Waals surface area contributed by atoms with Crippen molar-refractivity contribution in [2.24, 2.45) is 0 Å². The third-order valence-electron chi connectivity index (χ3n) is 5.01. The van der Waals surface area contributed by atoms with Gasteiger partial charge in [0, 0.05) is 0 Å². The van der Waals surface area contributed by atoms with Gasteiger partial charge in [0.15, 0.2) is 5.56 Å². The Morgan fingerprint density at radius 3 is 2.25 bits per heavy atom. The van der Waals surface area contributed by atoms with Crippen molar-refractivity contribution in [2.45, 2.75) is 45.8 Å². The maximum absolute atomic E-state index is 13.3. The number of benzene rings is 1. The molecule has 0 saturated carbocycles. The molecule has 0 bridgehead atoms. The SMILES string of the molecule is CCOC(=O)c1c(O)c2ccc(C(F)(F)F)nc2n(Cc2ccc(C(C)(C)C)cc2)c1=O. The van der Waals surface area contributed by atoms with Crippen molar-refractivity contribution in [1.82, 2.24) is 9.55 Å². The highest BCUT2D eigenvalue weighted by Crippen LogP contribution is 2.32. The molecular formula is C23H23F3N2O4. The predicted octanol–water partition coefficient (Wildman–Crippen LogP) is 4.64. The number of pyridine rings is 2. The fraction of sp³-hybridized carbons (Fsp3) is 0.348. The first kappa shape index (κ1) is 23.3. The van der Waals surface area contributed by atoms with E-state index in [1.165, 1.54) is 6.92 Å². The van der Waals surface area contributed by atoms with Crippen molar-refractivity contribution in [3.8, 4) is 5.75 Å². The second kappa shape index (κ2) is 8.29. The Bertz CT molecular complexity index is 1220. The molecule has 3 rings (SSSR count). The molecule has 9 heteroatoms. The average Bonchev–Trinajstić information content (AvgIpc) is 2.70. The van der Waals surface area contributed by atoms with Crippen LogP contribution in [-0.2, 0) is 22.9 Å². The van der Waals surface area contributed by atoms with Crippen LogP contribution in [0.1, 0.15) is 54.9 Å². The molecule has 0 fully saturated rings. The Morgan fingerprint density at radius 2 is 1.72 bits per heavy atom. The molecule has 0 unspecified atom stereocenters. The van der Waals surface area contributed by atoms with E-state index in [2.05, 4.69) is 4.98 Å². The van der Waals surface area contributed by atoms with E-state index in [0.717, 1.165) is 16.2 Å². The van der Waals surface area contributed by atoms with Gasteiger partial charge in [0.1, 0.15) is 17.1 Å². The lowest BCUT2D eigenvalue weighted by atomic mass is 9.87. The number of rotatable bonds is 4. The monoisotopic (exact) mass is 448 g/mol. The summed E-state index contributed by atoms with van der Waals surface area (Å²) in [5, 5.41) is 10.3. The van der Waals surface area contributed by atoms with Crippen molar-refractivity contribution in [2.75, 3.05) is 6.61 Å². The van der Waals surface area contributed by atoms with Crippen LogP contribution in [0.4, 0.5) is 13.2 Å². The number of alkyl halides is 3. The van der Waals surface area contributed by atoms with Gasteiger partial charge in [0.05, 0.1) is 18.5 Å². The van der Waals surface area contributed by atoms with Gasteiger partial charge in [0.25, 0.3) is 5.56 Å². The van der Waals surface area contributed by atoms with Crippen molar-refractivity contribution in [1.29, 1.82) is 0 Å². The number of hydrogen-bond donors (Lipinski definition) is 1. The number of aromatic hydroxyl groups is 1. The second-order valence-corrected chi connectivity index (χ2v) is 8.35. The number of esters is 1. The minimum atomic E-state index is -4.75. The zero-order chi connectivity index (χ0) is 23.8. The normalized spacial score (nSPS) is 12.2. The van der Waals surface area contributed by atoms with E-state index in [4.69, 9.17) is 4.74 Å². The predicted molar refractivity (Wildman–Crippen MR) is 113 cm³/mol. The van der Waals surface area contributed by atoms with Gasteiger partial charge in [-0.25, -0.2) is 9.78 Å². The standard InChI is InChI=1S/C23H23F3N2O4/c1-5-32-21(31)17-18(29)15-10-11-16(23(24,25)26)27-19(15)28(20(17)30)12-13-6-8-14(9-7-13)22(2,3)4/h6-11,29H,5,12H2,1-4H3. The third-order valence-corrected chi connectivity index (χ3v) is 5.01. The number of carbonyl (C=O) groups is 1. The van der Waals surface area contributed by atoms with Crippen LogP contribution in [0.15, 0.2) is 41.2 Å². The molecule has 0 saturated heterocycles. The first-order valence-corrected chi connectivity index (χ1v) is 9.94. The van der Waals surface area contributed by atoms with Crippen molar-refractivity contribution in [3.05, 3.63) is 69.1 Å². The van der Waals surface area contributed by atoms with Crippen LogP contribution in [0.2, 0.25) is 0 Å². The Balaban J connectivity index is 2.25. The van der Waals surface area contributed by atoms with Crippen molar-refractivity contribution < 1.29 is 27.8 Å². The van der Waals surface area contributed by atoms with E-state index in [0.29, 0.717) is 11.6 Å². The molecule has 0 aliphatic heterocycles. The highest BCUT2D eigenvalue weighted by molar-refractivity contribution is 5.98. The molecule has 0 aliphatic carbocycles. The van der Waals surface area contributed by atoms with Gasteiger partial charge in [-0.05, 0) is 35.6 Å². The Hall–Kier alpha value is -3.36. The van der Waals surface area contributed by atoms with Crippen LogP contribution in [0.3, 0.4) is 0 Å². The summed E-state index contributed by atoms with van der Waals surface area (Å²) >= 11 is 0. The highest BCUT2D eigenvalue weighted by Gasteiger charge is 2.34. The third kappa shape index (κ3) is 4.46. The average molecular weight is 448 g/mol. The summed E-state index contributed by atoms with van der Waals surface area (Å²) in [6.45, 7) is 7.44. The number of hydrogen-bond acceptors (Lipinski definition) is 5. The summed E-state index contributed by atoms with van der Waals surface area (Å²) in [7, 11) is 0. The van der Waals surface area contributed by atoms with Crippen LogP contribution < -0.4 is 5.56 Å². The summed E-state index contributed by atoms with van der Waals surface area (Å²) in [6, 6.07) is 8.91. The van der Waals surface area contributed by atoms with Crippen LogP contribution in [-0.4, -0.2) is 27.2 Å². The molecule has 1 N–H and O–H groups in total. The summed E-state index contributed by atoms with van der Waals surface area (Å²) in [6.07, 6.45) is -4.75. The Labute approximate surface area is 182 Å². The van der Waals surface area contributed by atoms with Crippen LogP contribution >= 0.6 is 0 Å². The molecule has 32 heavy (non-hydrogen) atoms. The molecule has 170 valence electrons. The molecule has 0 amide bonds. The van der Waals surface area contributed by atoms with E-state index < -0.39 is 34.7 Å². The molecule has 2 heterocycles. The zero-order valence-electron chi connectivity index (χ0n) is 18.1. The minimum absolute atomic E-state index is 0.0464. The summed E-state index contributed by atoms with van der Waals surface area (Å²) in [5.74, 6) is -1.82. The van der Waals surface area contributed by atoms with Gasteiger partial charge in [0.2, 0.25) is 0 Å². The molecular weight excluding hydrogens is 425 g/mol. The quantitative estimate of drug-likeness (QED) is 0.588. The zero-order valence-corrected chi connectivity index (χ0v) is 18.1. The number of halogens is 3. The smallest absolute Gasteiger partial charge is 0.433 e. The van der Waals surface area contributed by atoms with E-state index in [9.17, 15) is 27.9 Å². The summed E-state index contributed by atoms with van der Waals surface area (Å²) in [5.41, 5.74) is -1.69. The van der Waals surface area contributed by atoms with E-state index >= 15 is 0 Å². The molecule has 1 aromatic carbocycles. The number of aromatic nitrogens is 2. The first-order chi connectivity index (χ1) is 14.8. The molecule has 3 aromatic rings. The fourth-order valence-electron chi connectivity index (χ4n) is 3.29. The van der Waals surface area contributed by atoms with E-state index in [1.54, 1.807) is 12.1 Å². The van der Waals surface area contributed by atoms with Gasteiger partial charge in [-0.1, -0.05) is 45.0 Å².